The first-order valence-corrected chi connectivity index (χ1v) is 26.4. The number of pyridine rings is 2. The molecule has 7 heteroatoms. The van der Waals surface area contributed by atoms with Gasteiger partial charge in [0.05, 0.1) is 36.2 Å². The Bertz CT molecular complexity index is 3440. The topological polar surface area (TPSA) is 56.7 Å². The number of aryl methyl sites for hydroxylation is 1. The Morgan fingerprint density at radius 1 is 0.627 bits per heavy atom. The number of nitrogens with zero attached hydrogens (tertiary/aromatic N) is 4. The standard InChI is InChI=1S/C45H34N3O.C15H18NSi.Ir/c1-28(2)29(3)39-27-25-37-36-22-13-23-38(43(36)49-45(37)47-39)44-46-40-26-24-32-18-10-11-19-35(32)42(40)48(44)41-33(30-14-6-4-7-15-30)20-12-21-34(41)31-16-8-5-9-17-31;1-12-5-7-13(8-6-12)15-10-9-14(11-16-15)17(2,3)4;/h4-22,24-29H,1-3H3;5-7,9-11H,1-4H3;/q2*-1;. The number of para-hydroxylation sites is 1. The second-order valence-electron chi connectivity index (χ2n) is 18.6. The van der Waals surface area contributed by atoms with Crippen molar-refractivity contribution >= 4 is 57.1 Å². The quantitative estimate of drug-likeness (QED) is 0.112. The first-order chi connectivity index (χ1) is 32.0. The van der Waals surface area contributed by atoms with Gasteiger partial charge in [-0.2, -0.15) is 0 Å². The van der Waals surface area contributed by atoms with Gasteiger partial charge in [0.15, 0.2) is 0 Å². The molecule has 0 spiro atoms. The van der Waals surface area contributed by atoms with Crippen molar-refractivity contribution < 1.29 is 24.5 Å². The molecule has 0 N–H and O–H groups in total. The molecule has 5 nitrogen and oxygen atoms in total. The monoisotopic (exact) mass is 1070 g/mol. The van der Waals surface area contributed by atoms with E-state index in [-0.39, 0.29) is 20.1 Å². The van der Waals surface area contributed by atoms with E-state index in [4.69, 9.17) is 14.4 Å². The van der Waals surface area contributed by atoms with E-state index in [1.807, 2.05) is 18.3 Å². The van der Waals surface area contributed by atoms with Crippen molar-refractivity contribution in [3.63, 3.8) is 0 Å². The SMILES string of the molecule is CC(C)C(C)c1ccc2c(n1)oc1c(-c3nc4ccc5ccccc5c4n3-c3c(-c4ccccc4)cccc3-c3ccccc3)[c-]ccc12.Cc1c[c-]c(-c2ccc([Si](C)(C)C)cn2)cc1.[Ir]. The Morgan fingerprint density at radius 3 is 1.97 bits per heavy atom. The average Bonchev–Trinajstić information content (AvgIpc) is 3.93. The number of aromatic nitrogens is 4. The van der Waals surface area contributed by atoms with E-state index in [2.05, 4.69) is 227 Å². The Balaban J connectivity index is 0.000000264. The molecular weight excluding hydrogens is 1010 g/mol. The predicted octanol–water partition coefficient (Wildman–Crippen LogP) is 15.4. The van der Waals surface area contributed by atoms with Crippen LogP contribution in [0.3, 0.4) is 0 Å². The molecule has 333 valence electrons. The largest absolute Gasteiger partial charge is 0.486 e. The van der Waals surface area contributed by atoms with Crippen molar-refractivity contribution in [1.29, 1.82) is 0 Å². The summed E-state index contributed by atoms with van der Waals surface area (Å²) in [4.78, 5) is 15.0. The summed E-state index contributed by atoms with van der Waals surface area (Å²) in [6, 6.07) is 66.3. The third kappa shape index (κ3) is 8.83. The minimum Gasteiger partial charge on any atom is -0.486 e. The van der Waals surface area contributed by atoms with E-state index in [9.17, 15) is 0 Å². The number of fused-ring (bicyclic) bond motifs is 6. The van der Waals surface area contributed by atoms with Crippen LogP contribution in [0.5, 0.6) is 0 Å². The van der Waals surface area contributed by atoms with E-state index >= 15 is 0 Å². The van der Waals surface area contributed by atoms with Crippen LogP contribution < -0.4 is 5.19 Å². The van der Waals surface area contributed by atoms with Crippen LogP contribution in [0.25, 0.3) is 94.5 Å². The van der Waals surface area contributed by atoms with E-state index in [1.165, 1.54) is 10.8 Å². The molecule has 4 heterocycles. The van der Waals surface area contributed by atoms with Crippen LogP contribution in [0.1, 0.15) is 37.9 Å². The molecule has 0 aliphatic rings. The zero-order valence-electron chi connectivity index (χ0n) is 38.9. The zero-order valence-corrected chi connectivity index (χ0v) is 42.3. The fourth-order valence-electron chi connectivity index (χ4n) is 8.77. The van der Waals surface area contributed by atoms with E-state index in [0.29, 0.717) is 17.5 Å². The van der Waals surface area contributed by atoms with Crippen molar-refractivity contribution in [3.05, 3.63) is 199 Å². The van der Waals surface area contributed by atoms with Crippen LogP contribution >= 0.6 is 0 Å². The molecule has 4 aromatic heterocycles. The molecule has 1 unspecified atom stereocenters. The summed E-state index contributed by atoms with van der Waals surface area (Å²) < 4.78 is 9.06. The zero-order chi connectivity index (χ0) is 45.5. The van der Waals surface area contributed by atoms with Crippen LogP contribution in [0.4, 0.5) is 0 Å². The van der Waals surface area contributed by atoms with Crippen LogP contribution in [0.15, 0.2) is 180 Å². The van der Waals surface area contributed by atoms with Gasteiger partial charge in [-0.3, -0.25) is 4.98 Å². The average molecular weight is 1070 g/mol. The number of furan rings is 1. The summed E-state index contributed by atoms with van der Waals surface area (Å²) >= 11 is 0. The number of rotatable bonds is 8. The molecule has 0 aliphatic carbocycles. The van der Waals surface area contributed by atoms with Crippen molar-refractivity contribution in [2.45, 2.75) is 53.3 Å². The molecular formula is C60H52IrN4OSi-2. The summed E-state index contributed by atoms with van der Waals surface area (Å²) in [5, 5.41) is 5.68. The molecule has 67 heavy (non-hydrogen) atoms. The Labute approximate surface area is 408 Å². The number of hydrogen-bond donors (Lipinski definition) is 0. The predicted molar refractivity (Wildman–Crippen MR) is 278 cm³/mol. The van der Waals surface area contributed by atoms with Crippen LogP contribution in [0, 0.1) is 25.0 Å². The minimum atomic E-state index is -1.24. The van der Waals surface area contributed by atoms with Gasteiger partial charge < -0.3 is 14.0 Å². The first kappa shape index (κ1) is 45.4. The number of benzene rings is 7. The third-order valence-corrected chi connectivity index (χ3v) is 14.9. The van der Waals surface area contributed by atoms with Gasteiger partial charge in [-0.1, -0.05) is 180 Å². The van der Waals surface area contributed by atoms with Gasteiger partial charge in [0.25, 0.3) is 0 Å². The van der Waals surface area contributed by atoms with Gasteiger partial charge in [-0.25, -0.2) is 4.98 Å². The summed E-state index contributed by atoms with van der Waals surface area (Å²) in [6.45, 7) is 15.8. The fourth-order valence-corrected chi connectivity index (χ4v) is 9.80. The van der Waals surface area contributed by atoms with Gasteiger partial charge in [0.2, 0.25) is 5.71 Å². The first-order valence-electron chi connectivity index (χ1n) is 22.9. The second kappa shape index (κ2) is 18.8. The fraction of sp³-hybridized carbons (Fsp3) is 0.150. The summed E-state index contributed by atoms with van der Waals surface area (Å²) in [6.07, 6.45) is 2.02. The molecule has 0 amide bonds. The minimum absolute atomic E-state index is 0. The van der Waals surface area contributed by atoms with Gasteiger partial charge in [-0.15, -0.1) is 53.6 Å². The van der Waals surface area contributed by atoms with Crippen LogP contribution in [0.2, 0.25) is 19.6 Å². The normalized spacial score (nSPS) is 12.1. The van der Waals surface area contributed by atoms with E-state index in [1.54, 1.807) is 0 Å². The van der Waals surface area contributed by atoms with Gasteiger partial charge in [0.1, 0.15) is 0 Å². The summed E-state index contributed by atoms with van der Waals surface area (Å²) in [5.74, 6) is 1.55. The summed E-state index contributed by atoms with van der Waals surface area (Å²) in [5.41, 5.74) is 14.0. The van der Waals surface area contributed by atoms with Crippen LogP contribution in [-0.2, 0) is 20.1 Å². The van der Waals surface area contributed by atoms with Gasteiger partial charge >= 0.3 is 0 Å². The molecule has 11 aromatic rings. The Morgan fingerprint density at radius 2 is 1.33 bits per heavy atom. The van der Waals surface area contributed by atoms with E-state index < -0.39 is 8.07 Å². The summed E-state index contributed by atoms with van der Waals surface area (Å²) in [7, 11) is -1.24. The van der Waals surface area contributed by atoms with Crippen molar-refractivity contribution in [3.8, 4) is 50.6 Å². The van der Waals surface area contributed by atoms with Crippen molar-refractivity contribution in [2.75, 3.05) is 0 Å². The molecule has 0 saturated carbocycles. The molecule has 1 atom stereocenters. The van der Waals surface area contributed by atoms with E-state index in [0.717, 1.165) is 94.4 Å². The maximum absolute atomic E-state index is 6.72. The third-order valence-electron chi connectivity index (χ3n) is 12.9. The van der Waals surface area contributed by atoms with Crippen LogP contribution in [-0.4, -0.2) is 27.6 Å². The maximum Gasteiger partial charge on any atom is 0.216 e. The molecule has 0 saturated heterocycles. The Kier molecular flexibility index (Phi) is 12.8. The van der Waals surface area contributed by atoms with Gasteiger partial charge in [-0.05, 0) is 51.5 Å². The molecule has 0 aliphatic heterocycles. The molecule has 7 aromatic carbocycles. The molecule has 1 radical (unpaired) electrons. The van der Waals surface area contributed by atoms with Crippen molar-refractivity contribution in [2.24, 2.45) is 5.92 Å². The molecule has 0 fully saturated rings. The Hall–Kier alpha value is -6.76. The smallest absolute Gasteiger partial charge is 0.216 e. The number of hydrogen-bond acceptors (Lipinski definition) is 4. The second-order valence-corrected chi connectivity index (χ2v) is 23.7. The maximum atomic E-state index is 6.72. The van der Waals surface area contributed by atoms with Gasteiger partial charge in [0, 0.05) is 59.8 Å². The molecule has 11 rings (SSSR count). The number of imidazole rings is 1. The van der Waals surface area contributed by atoms with Crippen molar-refractivity contribution in [1.82, 2.24) is 19.5 Å². The molecule has 0 bridgehead atoms.